The summed E-state index contributed by atoms with van der Waals surface area (Å²) in [6, 6.07) is 6.38. The molecule has 4 rings (SSSR count). The minimum atomic E-state index is 0.143. The van der Waals surface area contributed by atoms with Crippen molar-refractivity contribution >= 4 is 39.1 Å². The van der Waals surface area contributed by atoms with Gasteiger partial charge in [-0.05, 0) is 43.7 Å². The van der Waals surface area contributed by atoms with Gasteiger partial charge in [0.1, 0.15) is 5.52 Å². The Morgan fingerprint density at radius 1 is 1.32 bits per heavy atom. The summed E-state index contributed by atoms with van der Waals surface area (Å²) in [5.74, 6) is 1.20. The number of fused-ring (bicyclic) bond motifs is 2. The van der Waals surface area contributed by atoms with Crippen molar-refractivity contribution in [3.63, 3.8) is 0 Å². The molecular formula is C20H25ClN2OS. The fraction of sp³-hybridized carbons (Fsp3) is 0.600. The van der Waals surface area contributed by atoms with E-state index < -0.39 is 0 Å². The topological polar surface area (TPSA) is 33.2 Å². The third kappa shape index (κ3) is 3.43. The Bertz CT molecular complexity index is 772. The van der Waals surface area contributed by atoms with Gasteiger partial charge in [-0.25, -0.2) is 4.98 Å². The zero-order chi connectivity index (χ0) is 17.4. The van der Waals surface area contributed by atoms with E-state index in [0.29, 0.717) is 23.4 Å². The third-order valence-electron chi connectivity index (χ3n) is 5.85. The Morgan fingerprint density at radius 3 is 2.96 bits per heavy atom. The summed E-state index contributed by atoms with van der Waals surface area (Å²) in [6.07, 6.45) is 8.14. The van der Waals surface area contributed by atoms with Gasteiger partial charge in [-0.15, -0.1) is 11.3 Å². The summed E-state index contributed by atoms with van der Waals surface area (Å²) >= 11 is 7.91. The molecule has 3 unspecified atom stereocenters. The van der Waals surface area contributed by atoms with Crippen LogP contribution in [0.5, 0.6) is 0 Å². The van der Waals surface area contributed by atoms with Gasteiger partial charge in [0.25, 0.3) is 0 Å². The Kier molecular flexibility index (Phi) is 5.01. The highest BCUT2D eigenvalue weighted by Crippen LogP contribution is 2.37. The van der Waals surface area contributed by atoms with Crippen LogP contribution < -0.4 is 0 Å². The molecule has 2 fully saturated rings. The van der Waals surface area contributed by atoms with Crippen LogP contribution in [0.25, 0.3) is 10.2 Å². The number of piperidine rings is 1. The van der Waals surface area contributed by atoms with Crippen molar-refractivity contribution in [2.75, 3.05) is 6.54 Å². The molecule has 3 nitrogen and oxygen atoms in total. The minimum absolute atomic E-state index is 0.143. The highest BCUT2D eigenvalue weighted by Gasteiger charge is 2.36. The zero-order valence-corrected chi connectivity index (χ0v) is 16.3. The van der Waals surface area contributed by atoms with Crippen LogP contribution in [0, 0.1) is 5.92 Å². The third-order valence-corrected chi connectivity index (χ3v) is 7.41. The zero-order valence-electron chi connectivity index (χ0n) is 14.7. The molecule has 25 heavy (non-hydrogen) atoms. The molecule has 1 aromatic heterocycles. The predicted octanol–water partition coefficient (Wildman–Crippen LogP) is 5.62. The average molecular weight is 377 g/mol. The number of likely N-dealkylation sites (tertiary alicyclic amines) is 1. The predicted molar refractivity (Wildman–Crippen MR) is 104 cm³/mol. The van der Waals surface area contributed by atoms with Crippen molar-refractivity contribution in [2.24, 2.45) is 5.92 Å². The second-order valence-electron chi connectivity index (χ2n) is 7.59. The lowest BCUT2D eigenvalue weighted by Gasteiger charge is -2.44. The molecule has 1 aliphatic carbocycles. The molecule has 1 saturated carbocycles. The lowest BCUT2D eigenvalue weighted by Crippen LogP contribution is -2.49. The van der Waals surface area contributed by atoms with E-state index in [2.05, 4.69) is 11.8 Å². The van der Waals surface area contributed by atoms with E-state index in [0.717, 1.165) is 34.1 Å². The Hall–Kier alpha value is -1.13. The molecule has 134 valence electrons. The second-order valence-corrected chi connectivity index (χ2v) is 9.05. The molecular weight excluding hydrogens is 352 g/mol. The SMILES string of the molecule is CC(CC(=O)N1CCCC2CCCCC21)c1nc2c(Cl)cccc2s1. The molecule has 0 spiro atoms. The smallest absolute Gasteiger partial charge is 0.223 e. The van der Waals surface area contributed by atoms with Crippen molar-refractivity contribution in [3.05, 3.63) is 28.2 Å². The maximum absolute atomic E-state index is 13.0. The van der Waals surface area contributed by atoms with E-state index in [9.17, 15) is 4.79 Å². The van der Waals surface area contributed by atoms with Gasteiger partial charge in [-0.3, -0.25) is 4.79 Å². The molecule has 1 amide bonds. The molecule has 1 saturated heterocycles. The quantitative estimate of drug-likeness (QED) is 0.696. The van der Waals surface area contributed by atoms with Crippen molar-refractivity contribution in [1.29, 1.82) is 0 Å². The van der Waals surface area contributed by atoms with Gasteiger partial charge in [-0.2, -0.15) is 0 Å². The number of carbonyl (C=O) groups excluding carboxylic acids is 1. The van der Waals surface area contributed by atoms with E-state index in [1.54, 1.807) is 11.3 Å². The molecule has 2 heterocycles. The number of amides is 1. The van der Waals surface area contributed by atoms with Gasteiger partial charge in [-0.1, -0.05) is 37.4 Å². The lowest BCUT2D eigenvalue weighted by atomic mass is 9.78. The first kappa shape index (κ1) is 17.3. The summed E-state index contributed by atoms with van der Waals surface area (Å²) < 4.78 is 1.10. The lowest BCUT2D eigenvalue weighted by molar-refractivity contribution is -0.137. The van der Waals surface area contributed by atoms with Crippen LogP contribution in [-0.2, 0) is 4.79 Å². The van der Waals surface area contributed by atoms with Crippen LogP contribution in [-0.4, -0.2) is 28.4 Å². The number of halogens is 1. The molecule has 0 N–H and O–H groups in total. The van der Waals surface area contributed by atoms with Crippen LogP contribution in [0.2, 0.25) is 5.02 Å². The number of para-hydroxylation sites is 1. The van der Waals surface area contributed by atoms with Crippen molar-refractivity contribution in [2.45, 2.75) is 63.8 Å². The number of hydrogen-bond donors (Lipinski definition) is 0. The normalized spacial score (nSPS) is 25.0. The van der Waals surface area contributed by atoms with E-state index in [1.807, 2.05) is 18.2 Å². The molecule has 3 atom stereocenters. The number of nitrogens with zero attached hydrogens (tertiary/aromatic N) is 2. The first-order valence-corrected chi connectivity index (χ1v) is 10.7. The van der Waals surface area contributed by atoms with Crippen LogP contribution in [0.3, 0.4) is 0 Å². The molecule has 2 aromatic rings. The highest BCUT2D eigenvalue weighted by atomic mass is 35.5. The van der Waals surface area contributed by atoms with Gasteiger partial charge in [0.05, 0.1) is 14.7 Å². The number of benzene rings is 1. The molecule has 5 heteroatoms. The van der Waals surface area contributed by atoms with Crippen LogP contribution >= 0.6 is 22.9 Å². The van der Waals surface area contributed by atoms with Crippen molar-refractivity contribution < 1.29 is 4.79 Å². The molecule has 1 aliphatic heterocycles. The van der Waals surface area contributed by atoms with E-state index >= 15 is 0 Å². The minimum Gasteiger partial charge on any atom is -0.339 e. The van der Waals surface area contributed by atoms with Gasteiger partial charge < -0.3 is 4.90 Å². The summed E-state index contributed by atoms with van der Waals surface area (Å²) in [6.45, 7) is 3.06. The summed E-state index contributed by atoms with van der Waals surface area (Å²) in [5, 5.41) is 1.72. The number of carbonyl (C=O) groups is 1. The molecule has 2 aliphatic rings. The van der Waals surface area contributed by atoms with E-state index in [4.69, 9.17) is 16.6 Å². The van der Waals surface area contributed by atoms with Gasteiger partial charge in [0, 0.05) is 24.9 Å². The Labute approximate surface area is 158 Å². The summed E-state index contributed by atoms with van der Waals surface area (Å²) in [5.41, 5.74) is 0.869. The average Bonchev–Trinajstić information content (AvgIpc) is 3.07. The monoisotopic (exact) mass is 376 g/mol. The standard InChI is InChI=1S/C20H25ClN2OS/c1-13(20-22-19-15(21)8-4-10-17(19)25-20)12-18(24)23-11-5-7-14-6-2-3-9-16(14)23/h4,8,10,13-14,16H,2-3,5-7,9,11-12H2,1H3. The van der Waals surface area contributed by atoms with Gasteiger partial charge >= 0.3 is 0 Å². The first-order valence-electron chi connectivity index (χ1n) is 9.48. The maximum atomic E-state index is 13.0. The molecule has 0 radical (unpaired) electrons. The summed E-state index contributed by atoms with van der Waals surface area (Å²) in [4.78, 5) is 19.9. The maximum Gasteiger partial charge on any atom is 0.223 e. The Morgan fingerprint density at radius 2 is 2.12 bits per heavy atom. The van der Waals surface area contributed by atoms with Crippen LogP contribution in [0.1, 0.15) is 62.8 Å². The second kappa shape index (κ2) is 7.24. The van der Waals surface area contributed by atoms with Gasteiger partial charge in [0.2, 0.25) is 5.91 Å². The van der Waals surface area contributed by atoms with E-state index in [1.165, 1.54) is 32.1 Å². The van der Waals surface area contributed by atoms with Crippen molar-refractivity contribution in [3.8, 4) is 0 Å². The van der Waals surface area contributed by atoms with Crippen LogP contribution in [0.4, 0.5) is 0 Å². The van der Waals surface area contributed by atoms with E-state index in [-0.39, 0.29) is 5.92 Å². The largest absolute Gasteiger partial charge is 0.339 e. The first-order chi connectivity index (χ1) is 12.1. The summed E-state index contributed by atoms with van der Waals surface area (Å²) in [7, 11) is 0. The number of aromatic nitrogens is 1. The Balaban J connectivity index is 1.48. The number of thiazole rings is 1. The molecule has 0 bridgehead atoms. The fourth-order valence-electron chi connectivity index (χ4n) is 4.54. The van der Waals surface area contributed by atoms with Crippen molar-refractivity contribution in [1.82, 2.24) is 9.88 Å². The molecule has 1 aromatic carbocycles. The number of rotatable bonds is 3. The van der Waals surface area contributed by atoms with Gasteiger partial charge in [0.15, 0.2) is 0 Å². The van der Waals surface area contributed by atoms with Crippen LogP contribution in [0.15, 0.2) is 18.2 Å². The fourth-order valence-corrected chi connectivity index (χ4v) is 5.86. The highest BCUT2D eigenvalue weighted by molar-refractivity contribution is 7.18. The number of hydrogen-bond acceptors (Lipinski definition) is 3.